The molecule has 26 heavy (non-hydrogen) atoms. The van der Waals surface area contributed by atoms with Gasteiger partial charge in [-0.15, -0.1) is 11.3 Å². The van der Waals surface area contributed by atoms with Gasteiger partial charge in [-0.05, 0) is 49.4 Å². The second kappa shape index (κ2) is 8.86. The van der Waals surface area contributed by atoms with E-state index in [1.54, 1.807) is 6.92 Å². The predicted octanol–water partition coefficient (Wildman–Crippen LogP) is 2.72. The summed E-state index contributed by atoms with van der Waals surface area (Å²) in [6, 6.07) is 8.48. The molecule has 5 nitrogen and oxygen atoms in total. The molecule has 1 N–H and O–H groups in total. The van der Waals surface area contributed by atoms with Crippen LogP contribution in [0.15, 0.2) is 29.6 Å². The van der Waals surface area contributed by atoms with Crippen molar-refractivity contribution in [1.82, 2.24) is 14.8 Å². The summed E-state index contributed by atoms with van der Waals surface area (Å²) in [7, 11) is 0. The number of aryl methyl sites for hydroxylation is 1. The van der Waals surface area contributed by atoms with Gasteiger partial charge in [-0.3, -0.25) is 19.6 Å². The lowest BCUT2D eigenvalue weighted by Gasteiger charge is -2.41. The number of carbonyl (C=O) groups excluding carboxylic acids is 1. The Morgan fingerprint density at radius 3 is 2.88 bits per heavy atom. The zero-order valence-corrected chi connectivity index (χ0v) is 16.3. The van der Waals surface area contributed by atoms with E-state index in [1.165, 1.54) is 16.9 Å². The first kappa shape index (κ1) is 19.2. The van der Waals surface area contributed by atoms with Crippen molar-refractivity contribution < 1.29 is 9.90 Å². The quantitative estimate of drug-likeness (QED) is 0.757. The topological polar surface area (TPSA) is 56.7 Å². The van der Waals surface area contributed by atoms with Crippen LogP contribution in [0.3, 0.4) is 0 Å². The van der Waals surface area contributed by atoms with Gasteiger partial charge in [0, 0.05) is 51.1 Å². The lowest BCUT2D eigenvalue weighted by Crippen LogP contribution is -2.52. The number of nitrogens with zero attached hydrogens (tertiary/aromatic N) is 3. The second-order valence-electron chi connectivity index (χ2n) is 7.02. The van der Waals surface area contributed by atoms with Crippen LogP contribution in [0.5, 0.6) is 0 Å². The van der Waals surface area contributed by atoms with E-state index in [1.807, 2.05) is 19.1 Å². The molecule has 0 radical (unpaired) electrons. The molecule has 2 aromatic rings. The Labute approximate surface area is 159 Å². The highest BCUT2D eigenvalue weighted by molar-refractivity contribution is 7.12. The van der Waals surface area contributed by atoms with Crippen molar-refractivity contribution in [3.05, 3.63) is 51.5 Å². The van der Waals surface area contributed by atoms with Gasteiger partial charge in [0.1, 0.15) is 0 Å². The molecule has 1 aliphatic rings. The third-order valence-electron chi connectivity index (χ3n) is 4.87. The Hall–Kier alpha value is -1.60. The molecule has 0 unspecified atom stereocenters. The van der Waals surface area contributed by atoms with E-state index >= 15 is 0 Å². The van der Waals surface area contributed by atoms with Crippen LogP contribution in [-0.2, 0) is 13.1 Å². The van der Waals surface area contributed by atoms with Gasteiger partial charge in [-0.1, -0.05) is 6.07 Å². The molecule has 2 aromatic heterocycles. The van der Waals surface area contributed by atoms with Crippen molar-refractivity contribution in [3.63, 3.8) is 0 Å². The van der Waals surface area contributed by atoms with Crippen molar-refractivity contribution >= 4 is 17.1 Å². The number of thiophene rings is 1. The first-order chi connectivity index (χ1) is 12.5. The van der Waals surface area contributed by atoms with Gasteiger partial charge in [-0.25, -0.2) is 0 Å². The third kappa shape index (κ3) is 4.98. The van der Waals surface area contributed by atoms with Crippen LogP contribution >= 0.6 is 11.3 Å². The first-order valence-electron chi connectivity index (χ1n) is 9.13. The second-order valence-corrected chi connectivity index (χ2v) is 7.93. The van der Waals surface area contributed by atoms with Gasteiger partial charge in [0.25, 0.3) is 0 Å². The average molecular weight is 374 g/mol. The van der Waals surface area contributed by atoms with Crippen LogP contribution < -0.4 is 0 Å². The zero-order chi connectivity index (χ0) is 18.5. The summed E-state index contributed by atoms with van der Waals surface area (Å²) in [5, 5.41) is 11.6. The number of aliphatic hydroxyl groups is 1. The summed E-state index contributed by atoms with van der Waals surface area (Å²) in [6.45, 7) is 8.40. The van der Waals surface area contributed by atoms with E-state index in [9.17, 15) is 9.90 Å². The van der Waals surface area contributed by atoms with Gasteiger partial charge in [0.15, 0.2) is 5.78 Å². The minimum atomic E-state index is 0.134. The van der Waals surface area contributed by atoms with E-state index < -0.39 is 0 Å². The number of aliphatic hydroxyl groups excluding tert-OH is 1. The third-order valence-corrected chi connectivity index (χ3v) is 5.95. The van der Waals surface area contributed by atoms with Crippen LogP contribution in [0, 0.1) is 6.92 Å². The van der Waals surface area contributed by atoms with Gasteiger partial charge < -0.3 is 5.11 Å². The molecule has 1 fully saturated rings. The maximum Gasteiger partial charge on any atom is 0.169 e. The highest BCUT2D eigenvalue weighted by Crippen LogP contribution is 2.21. The number of ketones is 1. The molecule has 0 amide bonds. The van der Waals surface area contributed by atoms with E-state index in [0.29, 0.717) is 6.04 Å². The normalized spacial score (nSPS) is 19.0. The number of hydrogen-bond acceptors (Lipinski definition) is 6. The molecule has 6 heteroatoms. The lowest BCUT2D eigenvalue weighted by molar-refractivity contribution is 0.0492. The standard InChI is InChI=1S/C20H27N3O2S/c1-15-4-3-5-18(21-15)12-23-8-7-22(13-19(23)6-9-24)11-17-10-20(16(2)25)26-14-17/h3-5,10,14,19,24H,6-9,11-13H2,1-2H3/t19-/m1/s1. The largest absolute Gasteiger partial charge is 0.396 e. The van der Waals surface area contributed by atoms with E-state index in [2.05, 4.69) is 32.3 Å². The number of carbonyl (C=O) groups is 1. The number of piperazine rings is 1. The molecule has 140 valence electrons. The summed E-state index contributed by atoms with van der Waals surface area (Å²) >= 11 is 1.53. The molecule has 0 saturated carbocycles. The zero-order valence-electron chi connectivity index (χ0n) is 15.5. The molecule has 1 atom stereocenters. The molecule has 0 spiro atoms. The fourth-order valence-electron chi connectivity index (χ4n) is 3.53. The molecule has 0 bridgehead atoms. The SMILES string of the molecule is CC(=O)c1cc(CN2CCN(Cc3cccc(C)n3)[C@H](CCO)C2)cs1. The minimum Gasteiger partial charge on any atom is -0.396 e. The number of pyridine rings is 1. The highest BCUT2D eigenvalue weighted by atomic mass is 32.1. The molecule has 1 aliphatic heterocycles. The van der Waals surface area contributed by atoms with Crippen molar-refractivity contribution in [2.45, 2.75) is 39.4 Å². The van der Waals surface area contributed by atoms with Gasteiger partial charge in [-0.2, -0.15) is 0 Å². The van der Waals surface area contributed by atoms with Crippen LogP contribution in [0.25, 0.3) is 0 Å². The van der Waals surface area contributed by atoms with Crippen molar-refractivity contribution in [2.75, 3.05) is 26.2 Å². The summed E-state index contributed by atoms with van der Waals surface area (Å²) in [5.74, 6) is 0.134. The van der Waals surface area contributed by atoms with Crippen LogP contribution in [0.1, 0.15) is 40.0 Å². The number of Topliss-reactive ketones (excluding diaryl/α,β-unsaturated/α-hetero) is 1. The Balaban J connectivity index is 1.62. The molecule has 3 rings (SSSR count). The monoisotopic (exact) mass is 373 g/mol. The lowest BCUT2D eigenvalue weighted by atomic mass is 10.1. The van der Waals surface area contributed by atoms with Crippen molar-refractivity contribution in [1.29, 1.82) is 0 Å². The molecule has 3 heterocycles. The van der Waals surface area contributed by atoms with Gasteiger partial charge in [0.05, 0.1) is 10.6 Å². The van der Waals surface area contributed by atoms with Crippen LogP contribution in [-0.4, -0.2) is 58.0 Å². The molecular formula is C20H27N3O2S. The van der Waals surface area contributed by atoms with Gasteiger partial charge >= 0.3 is 0 Å². The Morgan fingerprint density at radius 1 is 1.35 bits per heavy atom. The van der Waals surface area contributed by atoms with E-state index in [-0.39, 0.29) is 12.4 Å². The smallest absolute Gasteiger partial charge is 0.169 e. The maximum absolute atomic E-state index is 11.5. The Kier molecular flexibility index (Phi) is 6.53. The number of aromatic nitrogens is 1. The molecule has 1 saturated heterocycles. The fraction of sp³-hybridized carbons (Fsp3) is 0.500. The molecule has 0 aromatic carbocycles. The minimum absolute atomic E-state index is 0.134. The van der Waals surface area contributed by atoms with E-state index in [4.69, 9.17) is 0 Å². The summed E-state index contributed by atoms with van der Waals surface area (Å²) < 4.78 is 0. The Bertz CT molecular complexity index is 746. The first-order valence-corrected chi connectivity index (χ1v) is 10.0. The molecular weight excluding hydrogens is 346 g/mol. The predicted molar refractivity (Wildman–Crippen MR) is 104 cm³/mol. The number of rotatable bonds is 7. The van der Waals surface area contributed by atoms with E-state index in [0.717, 1.165) is 55.4 Å². The highest BCUT2D eigenvalue weighted by Gasteiger charge is 2.27. The van der Waals surface area contributed by atoms with Crippen LogP contribution in [0.2, 0.25) is 0 Å². The van der Waals surface area contributed by atoms with Crippen LogP contribution in [0.4, 0.5) is 0 Å². The van der Waals surface area contributed by atoms with Crippen molar-refractivity contribution in [3.8, 4) is 0 Å². The number of hydrogen-bond donors (Lipinski definition) is 1. The summed E-state index contributed by atoms with van der Waals surface area (Å²) in [4.78, 5) is 21.8. The van der Waals surface area contributed by atoms with Crippen molar-refractivity contribution in [2.24, 2.45) is 0 Å². The fourth-order valence-corrected chi connectivity index (χ4v) is 4.34. The summed E-state index contributed by atoms with van der Waals surface area (Å²) in [5.41, 5.74) is 3.33. The average Bonchev–Trinajstić information content (AvgIpc) is 3.06. The maximum atomic E-state index is 11.5. The molecule has 0 aliphatic carbocycles. The van der Waals surface area contributed by atoms with Gasteiger partial charge in [0.2, 0.25) is 0 Å². The Morgan fingerprint density at radius 2 is 2.19 bits per heavy atom. The summed E-state index contributed by atoms with van der Waals surface area (Å²) in [6.07, 6.45) is 0.769.